The van der Waals surface area contributed by atoms with Gasteiger partial charge in [-0.3, -0.25) is 0 Å². The van der Waals surface area contributed by atoms with Crippen molar-refractivity contribution in [3.63, 3.8) is 0 Å². The number of rotatable bonds is 4. The maximum Gasteiger partial charge on any atom is 0.216 e. The Labute approximate surface area is 160 Å². The zero-order valence-corrected chi connectivity index (χ0v) is 16.4. The van der Waals surface area contributed by atoms with Crippen molar-refractivity contribution in [2.45, 2.75) is 49.3 Å². The summed E-state index contributed by atoms with van der Waals surface area (Å²) in [6.07, 6.45) is 6.40. The first kappa shape index (κ1) is 17.3. The summed E-state index contributed by atoms with van der Waals surface area (Å²) < 4.78 is 34.5. The Kier molecular flexibility index (Phi) is 3.88. The molecule has 6 nitrogen and oxygen atoms in total. The SMILES string of the molecule is COc1cccc(-c2cnc3n2CCC32CCN(S(=O)(=O)C3CC3)CC2)c1. The molecule has 0 unspecified atom stereocenters. The van der Waals surface area contributed by atoms with Gasteiger partial charge >= 0.3 is 0 Å². The third-order valence-electron chi connectivity index (χ3n) is 6.49. The molecule has 1 saturated heterocycles. The zero-order valence-electron chi connectivity index (χ0n) is 15.6. The summed E-state index contributed by atoms with van der Waals surface area (Å²) in [5.41, 5.74) is 2.25. The maximum atomic E-state index is 12.5. The highest BCUT2D eigenvalue weighted by molar-refractivity contribution is 7.90. The highest BCUT2D eigenvalue weighted by Crippen LogP contribution is 2.46. The molecule has 0 atom stereocenters. The minimum atomic E-state index is -3.07. The van der Waals surface area contributed by atoms with Crippen LogP contribution in [0.1, 0.15) is 37.9 Å². The van der Waals surface area contributed by atoms with Crippen LogP contribution < -0.4 is 4.74 Å². The molecule has 0 amide bonds. The van der Waals surface area contributed by atoms with Gasteiger partial charge in [-0.05, 0) is 44.2 Å². The standard InChI is InChI=1S/C20H25N3O3S/c1-26-16-4-2-3-15(13-16)18-14-21-19-20(9-12-23(18)19)7-10-22(11-8-20)27(24,25)17-5-6-17/h2-4,13-14,17H,5-12H2,1H3. The maximum absolute atomic E-state index is 12.5. The van der Waals surface area contributed by atoms with Crippen molar-refractivity contribution in [1.29, 1.82) is 0 Å². The molecule has 2 aromatic rings. The van der Waals surface area contributed by atoms with Crippen LogP contribution in [-0.2, 0) is 22.0 Å². The molecule has 0 radical (unpaired) electrons. The van der Waals surface area contributed by atoms with Crippen LogP contribution in [0.3, 0.4) is 0 Å². The van der Waals surface area contributed by atoms with E-state index in [-0.39, 0.29) is 10.7 Å². The second-order valence-electron chi connectivity index (χ2n) is 8.02. The summed E-state index contributed by atoms with van der Waals surface area (Å²) in [5, 5.41) is -0.114. The van der Waals surface area contributed by atoms with Gasteiger partial charge in [0, 0.05) is 30.6 Å². The summed E-state index contributed by atoms with van der Waals surface area (Å²) in [5.74, 6) is 1.97. The number of methoxy groups -OCH3 is 1. The van der Waals surface area contributed by atoms with E-state index in [1.807, 2.05) is 24.4 Å². The molecule has 1 aromatic carbocycles. The van der Waals surface area contributed by atoms with Gasteiger partial charge in [0.15, 0.2) is 0 Å². The number of aromatic nitrogens is 2. The molecular formula is C20H25N3O3S. The van der Waals surface area contributed by atoms with Crippen molar-refractivity contribution in [2.24, 2.45) is 0 Å². The van der Waals surface area contributed by atoms with Gasteiger partial charge in [0.25, 0.3) is 0 Å². The topological polar surface area (TPSA) is 64.4 Å². The number of nitrogens with zero attached hydrogens (tertiary/aromatic N) is 3. The molecule has 2 aliphatic heterocycles. The van der Waals surface area contributed by atoms with Gasteiger partial charge < -0.3 is 9.30 Å². The molecule has 1 aromatic heterocycles. The molecule has 5 rings (SSSR count). The number of piperidine rings is 1. The van der Waals surface area contributed by atoms with Crippen molar-refractivity contribution < 1.29 is 13.2 Å². The van der Waals surface area contributed by atoms with Gasteiger partial charge in [-0.1, -0.05) is 12.1 Å². The molecule has 2 fully saturated rings. The third kappa shape index (κ3) is 2.70. The van der Waals surface area contributed by atoms with Crippen molar-refractivity contribution >= 4 is 10.0 Å². The van der Waals surface area contributed by atoms with Crippen LogP contribution in [-0.4, -0.2) is 47.7 Å². The lowest BCUT2D eigenvalue weighted by Gasteiger charge is -2.37. The van der Waals surface area contributed by atoms with E-state index < -0.39 is 10.0 Å². The second kappa shape index (κ2) is 6.07. The first-order chi connectivity index (χ1) is 13.0. The molecule has 0 bridgehead atoms. The van der Waals surface area contributed by atoms with Crippen molar-refractivity contribution in [3.8, 4) is 17.0 Å². The quantitative estimate of drug-likeness (QED) is 0.809. The molecule has 3 aliphatic rings. The summed E-state index contributed by atoms with van der Waals surface area (Å²) in [7, 11) is -1.39. The minimum absolute atomic E-state index is 0.0205. The van der Waals surface area contributed by atoms with Crippen molar-refractivity contribution in [1.82, 2.24) is 13.9 Å². The van der Waals surface area contributed by atoms with E-state index in [2.05, 4.69) is 10.6 Å². The largest absolute Gasteiger partial charge is 0.497 e. The third-order valence-corrected chi connectivity index (χ3v) is 8.89. The van der Waals surface area contributed by atoms with E-state index in [0.717, 1.165) is 61.5 Å². The highest BCUT2D eigenvalue weighted by Gasteiger charge is 2.48. The minimum Gasteiger partial charge on any atom is -0.497 e. The first-order valence-electron chi connectivity index (χ1n) is 9.73. The Morgan fingerprint density at radius 1 is 1.15 bits per heavy atom. The Morgan fingerprint density at radius 2 is 1.89 bits per heavy atom. The zero-order chi connectivity index (χ0) is 18.6. The van der Waals surface area contributed by atoms with Gasteiger partial charge in [0.2, 0.25) is 10.0 Å². The fraction of sp³-hybridized carbons (Fsp3) is 0.550. The predicted molar refractivity (Wildman–Crippen MR) is 103 cm³/mol. The highest BCUT2D eigenvalue weighted by atomic mass is 32.2. The molecule has 144 valence electrons. The fourth-order valence-electron chi connectivity index (χ4n) is 4.69. The second-order valence-corrected chi connectivity index (χ2v) is 10.2. The predicted octanol–water partition coefficient (Wildman–Crippen LogP) is 2.79. The Balaban J connectivity index is 1.41. The number of fused-ring (bicyclic) bond motifs is 2. The number of ether oxygens (including phenoxy) is 1. The molecule has 0 N–H and O–H groups in total. The normalized spacial score (nSPS) is 22.1. The van der Waals surface area contributed by atoms with Crippen LogP contribution in [0.15, 0.2) is 30.5 Å². The number of hydrogen-bond acceptors (Lipinski definition) is 4. The monoisotopic (exact) mass is 387 g/mol. The van der Waals surface area contributed by atoms with Crippen molar-refractivity contribution in [3.05, 3.63) is 36.3 Å². The lowest BCUT2D eigenvalue weighted by Crippen LogP contribution is -2.45. The van der Waals surface area contributed by atoms with Crippen LogP contribution in [0.4, 0.5) is 0 Å². The van der Waals surface area contributed by atoms with Crippen LogP contribution in [0.5, 0.6) is 5.75 Å². The lowest BCUT2D eigenvalue weighted by atomic mass is 9.77. The Hall–Kier alpha value is -1.86. The molecular weight excluding hydrogens is 362 g/mol. The molecule has 1 saturated carbocycles. The van der Waals surface area contributed by atoms with Gasteiger partial charge in [0.1, 0.15) is 11.6 Å². The number of hydrogen-bond donors (Lipinski definition) is 0. The fourth-order valence-corrected chi connectivity index (χ4v) is 6.54. The van der Waals surface area contributed by atoms with Gasteiger partial charge in [-0.2, -0.15) is 0 Å². The van der Waals surface area contributed by atoms with Gasteiger partial charge in [-0.25, -0.2) is 17.7 Å². The summed E-state index contributed by atoms with van der Waals surface area (Å²) in [4.78, 5) is 4.79. The van der Waals surface area contributed by atoms with E-state index in [1.54, 1.807) is 11.4 Å². The Bertz CT molecular complexity index is 970. The van der Waals surface area contributed by atoms with E-state index in [0.29, 0.717) is 13.1 Å². The molecule has 3 heterocycles. The van der Waals surface area contributed by atoms with Crippen molar-refractivity contribution in [2.75, 3.05) is 20.2 Å². The van der Waals surface area contributed by atoms with Crippen LogP contribution >= 0.6 is 0 Å². The number of sulfonamides is 1. The lowest BCUT2D eigenvalue weighted by molar-refractivity contribution is 0.227. The summed E-state index contributed by atoms with van der Waals surface area (Å²) in [6, 6.07) is 8.07. The van der Waals surface area contributed by atoms with E-state index in [9.17, 15) is 8.42 Å². The molecule has 1 spiro atoms. The first-order valence-corrected chi connectivity index (χ1v) is 11.2. The van der Waals surface area contributed by atoms with Crippen LogP contribution in [0.25, 0.3) is 11.3 Å². The smallest absolute Gasteiger partial charge is 0.216 e. The number of benzene rings is 1. The van der Waals surface area contributed by atoms with E-state index in [1.165, 1.54) is 0 Å². The van der Waals surface area contributed by atoms with E-state index >= 15 is 0 Å². The van der Waals surface area contributed by atoms with Crippen LogP contribution in [0.2, 0.25) is 0 Å². The average Bonchev–Trinajstić information content (AvgIpc) is 3.39. The summed E-state index contributed by atoms with van der Waals surface area (Å²) in [6.45, 7) is 2.19. The average molecular weight is 388 g/mol. The molecule has 27 heavy (non-hydrogen) atoms. The molecule has 1 aliphatic carbocycles. The Morgan fingerprint density at radius 3 is 2.59 bits per heavy atom. The number of imidazole rings is 1. The van der Waals surface area contributed by atoms with Gasteiger partial charge in [0.05, 0.1) is 24.3 Å². The van der Waals surface area contributed by atoms with E-state index in [4.69, 9.17) is 9.72 Å². The van der Waals surface area contributed by atoms with Gasteiger partial charge in [-0.15, -0.1) is 0 Å². The van der Waals surface area contributed by atoms with Crippen LogP contribution in [0, 0.1) is 0 Å². The molecule has 7 heteroatoms. The summed E-state index contributed by atoms with van der Waals surface area (Å²) >= 11 is 0.